The highest BCUT2D eigenvalue weighted by atomic mass is 15.1. The van der Waals surface area contributed by atoms with E-state index in [0.717, 1.165) is 30.7 Å². The fourth-order valence-electron chi connectivity index (χ4n) is 2.61. The number of nitrogens with zero attached hydrogens (tertiary/aromatic N) is 2. The lowest BCUT2D eigenvalue weighted by molar-refractivity contribution is 0.415. The molecule has 1 fully saturated rings. The van der Waals surface area contributed by atoms with Crippen LogP contribution in [-0.2, 0) is 0 Å². The van der Waals surface area contributed by atoms with E-state index in [4.69, 9.17) is 5.73 Å². The Bertz CT molecular complexity index is 497. The highest BCUT2D eigenvalue weighted by Gasteiger charge is 2.19. The molecule has 4 heteroatoms. The first-order valence-electron chi connectivity index (χ1n) is 6.25. The molecule has 0 bridgehead atoms. The molecule has 0 aliphatic carbocycles. The summed E-state index contributed by atoms with van der Waals surface area (Å²) in [5.41, 5.74) is 9.17. The van der Waals surface area contributed by atoms with Crippen LogP contribution in [0.3, 0.4) is 0 Å². The standard InChI is InChI=1S/C13H18N4/c14-8-10-4-6-17(7-5-10)12-3-1-2-11-13(12)16-9-15-11/h1-3,9-10H,4-8,14H2,(H,15,16). The van der Waals surface area contributed by atoms with E-state index in [2.05, 4.69) is 33.1 Å². The van der Waals surface area contributed by atoms with E-state index in [0.29, 0.717) is 5.92 Å². The molecular formula is C13H18N4. The number of rotatable bonds is 2. The number of nitrogens with two attached hydrogens (primary N) is 1. The molecule has 1 aliphatic rings. The Hall–Kier alpha value is -1.55. The summed E-state index contributed by atoms with van der Waals surface area (Å²) in [6, 6.07) is 6.31. The molecule has 1 aliphatic heterocycles. The van der Waals surface area contributed by atoms with Crippen LogP contribution in [0.4, 0.5) is 5.69 Å². The molecule has 1 saturated heterocycles. The number of fused-ring (bicyclic) bond motifs is 1. The van der Waals surface area contributed by atoms with E-state index in [1.54, 1.807) is 6.33 Å². The minimum absolute atomic E-state index is 0.699. The summed E-state index contributed by atoms with van der Waals surface area (Å²) in [5.74, 6) is 0.699. The molecule has 17 heavy (non-hydrogen) atoms. The Balaban J connectivity index is 1.87. The molecule has 0 unspecified atom stereocenters. The highest BCUT2D eigenvalue weighted by Crippen LogP contribution is 2.27. The summed E-state index contributed by atoms with van der Waals surface area (Å²) in [5, 5.41) is 0. The van der Waals surface area contributed by atoms with Gasteiger partial charge in [-0.25, -0.2) is 4.98 Å². The average molecular weight is 230 g/mol. The van der Waals surface area contributed by atoms with Crippen LogP contribution in [0.5, 0.6) is 0 Å². The van der Waals surface area contributed by atoms with Crippen molar-refractivity contribution in [1.82, 2.24) is 9.97 Å². The van der Waals surface area contributed by atoms with E-state index in [-0.39, 0.29) is 0 Å². The Morgan fingerprint density at radius 1 is 1.35 bits per heavy atom. The molecular weight excluding hydrogens is 212 g/mol. The number of piperidine rings is 1. The maximum Gasteiger partial charge on any atom is 0.112 e. The van der Waals surface area contributed by atoms with E-state index in [1.165, 1.54) is 18.5 Å². The molecule has 3 rings (SSSR count). The van der Waals surface area contributed by atoms with Crippen molar-refractivity contribution in [3.8, 4) is 0 Å². The number of para-hydroxylation sites is 1. The molecule has 0 atom stereocenters. The lowest BCUT2D eigenvalue weighted by Crippen LogP contribution is -2.36. The molecule has 1 aromatic heterocycles. The van der Waals surface area contributed by atoms with Crippen LogP contribution in [0, 0.1) is 5.92 Å². The van der Waals surface area contributed by atoms with Crippen LogP contribution < -0.4 is 10.6 Å². The van der Waals surface area contributed by atoms with Crippen molar-refractivity contribution < 1.29 is 0 Å². The lowest BCUT2D eigenvalue weighted by atomic mass is 9.96. The molecule has 4 nitrogen and oxygen atoms in total. The number of imidazole rings is 1. The van der Waals surface area contributed by atoms with Crippen LogP contribution in [0.25, 0.3) is 11.0 Å². The van der Waals surface area contributed by atoms with Crippen molar-refractivity contribution in [1.29, 1.82) is 0 Å². The van der Waals surface area contributed by atoms with E-state index in [1.807, 2.05) is 0 Å². The number of H-pyrrole nitrogens is 1. The second kappa shape index (κ2) is 4.37. The van der Waals surface area contributed by atoms with Gasteiger partial charge >= 0.3 is 0 Å². The van der Waals surface area contributed by atoms with Crippen molar-refractivity contribution in [2.45, 2.75) is 12.8 Å². The third-order valence-electron chi connectivity index (χ3n) is 3.72. The summed E-state index contributed by atoms with van der Waals surface area (Å²) in [7, 11) is 0. The topological polar surface area (TPSA) is 57.9 Å². The zero-order valence-electron chi connectivity index (χ0n) is 9.89. The Kier molecular flexibility index (Phi) is 2.73. The quantitative estimate of drug-likeness (QED) is 0.826. The molecule has 90 valence electrons. The van der Waals surface area contributed by atoms with Crippen LogP contribution in [0.15, 0.2) is 24.5 Å². The van der Waals surface area contributed by atoms with Gasteiger partial charge in [0.05, 0.1) is 17.5 Å². The van der Waals surface area contributed by atoms with Gasteiger partial charge in [-0.2, -0.15) is 0 Å². The molecule has 0 amide bonds. The minimum Gasteiger partial charge on any atom is -0.370 e. The summed E-state index contributed by atoms with van der Waals surface area (Å²) < 4.78 is 0. The SMILES string of the molecule is NCC1CCN(c2cccc3[nH]cnc23)CC1. The van der Waals surface area contributed by atoms with Gasteiger partial charge in [0, 0.05) is 13.1 Å². The highest BCUT2D eigenvalue weighted by molar-refractivity contribution is 5.88. The van der Waals surface area contributed by atoms with Gasteiger partial charge in [-0.05, 0) is 37.4 Å². The van der Waals surface area contributed by atoms with E-state index >= 15 is 0 Å². The maximum absolute atomic E-state index is 5.73. The van der Waals surface area contributed by atoms with Gasteiger partial charge < -0.3 is 15.6 Å². The first-order chi connectivity index (χ1) is 8.38. The third kappa shape index (κ3) is 1.89. The summed E-state index contributed by atoms with van der Waals surface area (Å²) in [6.45, 7) is 3.00. The number of aromatic nitrogens is 2. The van der Waals surface area contributed by atoms with Crippen LogP contribution >= 0.6 is 0 Å². The zero-order valence-corrected chi connectivity index (χ0v) is 9.89. The van der Waals surface area contributed by atoms with Crippen LogP contribution in [0.2, 0.25) is 0 Å². The molecule has 0 saturated carbocycles. The lowest BCUT2D eigenvalue weighted by Gasteiger charge is -2.33. The van der Waals surface area contributed by atoms with Gasteiger partial charge in [0.15, 0.2) is 0 Å². The van der Waals surface area contributed by atoms with Crippen molar-refractivity contribution in [3.05, 3.63) is 24.5 Å². The number of benzene rings is 1. The van der Waals surface area contributed by atoms with Gasteiger partial charge in [-0.15, -0.1) is 0 Å². The van der Waals surface area contributed by atoms with Gasteiger partial charge in [-0.1, -0.05) is 6.07 Å². The van der Waals surface area contributed by atoms with E-state index in [9.17, 15) is 0 Å². The number of nitrogens with one attached hydrogen (secondary N) is 1. The molecule has 2 aromatic rings. The zero-order chi connectivity index (χ0) is 11.7. The average Bonchev–Trinajstić information content (AvgIpc) is 2.87. The largest absolute Gasteiger partial charge is 0.370 e. The normalized spacial score (nSPS) is 17.8. The molecule has 0 spiro atoms. The molecule has 0 radical (unpaired) electrons. The minimum atomic E-state index is 0.699. The predicted octanol–water partition coefficient (Wildman–Crippen LogP) is 1.74. The first kappa shape index (κ1) is 10.6. The van der Waals surface area contributed by atoms with Gasteiger partial charge in [0.2, 0.25) is 0 Å². The summed E-state index contributed by atoms with van der Waals surface area (Å²) in [4.78, 5) is 10.00. The number of hydrogen-bond acceptors (Lipinski definition) is 3. The monoisotopic (exact) mass is 230 g/mol. The predicted molar refractivity (Wildman–Crippen MR) is 70.1 cm³/mol. The fourth-order valence-corrected chi connectivity index (χ4v) is 2.61. The van der Waals surface area contributed by atoms with Gasteiger partial charge in [-0.3, -0.25) is 0 Å². The molecule has 3 N–H and O–H groups in total. The van der Waals surface area contributed by atoms with Crippen molar-refractivity contribution in [2.75, 3.05) is 24.5 Å². The number of hydrogen-bond donors (Lipinski definition) is 2. The van der Waals surface area contributed by atoms with Gasteiger partial charge in [0.25, 0.3) is 0 Å². The fraction of sp³-hybridized carbons (Fsp3) is 0.462. The smallest absolute Gasteiger partial charge is 0.112 e. The molecule has 1 aromatic carbocycles. The summed E-state index contributed by atoms with van der Waals surface area (Å²) >= 11 is 0. The molecule has 2 heterocycles. The second-order valence-corrected chi connectivity index (χ2v) is 4.74. The Morgan fingerprint density at radius 3 is 2.94 bits per heavy atom. The van der Waals surface area contributed by atoms with Crippen molar-refractivity contribution in [3.63, 3.8) is 0 Å². The number of anilines is 1. The van der Waals surface area contributed by atoms with E-state index < -0.39 is 0 Å². The van der Waals surface area contributed by atoms with Gasteiger partial charge in [0.1, 0.15) is 5.52 Å². The third-order valence-corrected chi connectivity index (χ3v) is 3.72. The maximum atomic E-state index is 5.73. The van der Waals surface area contributed by atoms with Crippen molar-refractivity contribution in [2.24, 2.45) is 11.7 Å². The van der Waals surface area contributed by atoms with Crippen molar-refractivity contribution >= 4 is 16.7 Å². The first-order valence-corrected chi connectivity index (χ1v) is 6.25. The summed E-state index contributed by atoms with van der Waals surface area (Å²) in [6.07, 6.45) is 4.15. The second-order valence-electron chi connectivity index (χ2n) is 4.74. The van der Waals surface area contributed by atoms with Crippen LogP contribution in [0.1, 0.15) is 12.8 Å². The number of aromatic amines is 1. The van der Waals surface area contributed by atoms with Crippen LogP contribution in [-0.4, -0.2) is 29.6 Å². The Morgan fingerprint density at radius 2 is 2.18 bits per heavy atom. The Labute approximate surface area is 101 Å².